The topological polar surface area (TPSA) is 77.2 Å². The van der Waals surface area contributed by atoms with Gasteiger partial charge < -0.3 is 14.5 Å². The van der Waals surface area contributed by atoms with Crippen LogP contribution in [0, 0.1) is 6.92 Å². The summed E-state index contributed by atoms with van der Waals surface area (Å²) in [5.74, 6) is 1.30. The molecule has 0 spiro atoms. The van der Waals surface area contributed by atoms with Gasteiger partial charge in [0.25, 0.3) is 5.91 Å². The van der Waals surface area contributed by atoms with Crippen LogP contribution in [-0.4, -0.2) is 29.3 Å². The molecule has 7 heteroatoms. The van der Waals surface area contributed by atoms with Crippen LogP contribution in [0.3, 0.4) is 0 Å². The fraction of sp³-hybridized carbons (Fsp3) is 0.211. The molecule has 0 saturated carbocycles. The second-order valence-electron chi connectivity index (χ2n) is 5.71. The van der Waals surface area contributed by atoms with E-state index in [9.17, 15) is 4.79 Å². The van der Waals surface area contributed by atoms with E-state index in [2.05, 4.69) is 15.5 Å². The average molecular weight is 372 g/mol. The highest BCUT2D eigenvalue weighted by atomic mass is 35.5. The molecular formula is C19H18ClN3O3. The Labute approximate surface area is 156 Å². The van der Waals surface area contributed by atoms with Crippen LogP contribution in [0.15, 0.2) is 52.9 Å². The normalized spacial score (nSPS) is 10.5. The predicted molar refractivity (Wildman–Crippen MR) is 98.1 cm³/mol. The van der Waals surface area contributed by atoms with Crippen molar-refractivity contribution in [2.45, 2.75) is 13.3 Å². The van der Waals surface area contributed by atoms with E-state index in [0.717, 1.165) is 11.1 Å². The summed E-state index contributed by atoms with van der Waals surface area (Å²) in [5.41, 5.74) is 2.03. The Kier molecular flexibility index (Phi) is 5.86. The number of hydrogen-bond donors (Lipinski definition) is 1. The monoisotopic (exact) mass is 371 g/mol. The van der Waals surface area contributed by atoms with E-state index >= 15 is 0 Å². The van der Waals surface area contributed by atoms with Crippen LogP contribution in [0.1, 0.15) is 11.5 Å². The number of rotatable bonds is 7. The molecule has 0 aliphatic carbocycles. The summed E-state index contributed by atoms with van der Waals surface area (Å²) in [4.78, 5) is 11.8. The van der Waals surface area contributed by atoms with Gasteiger partial charge in [-0.3, -0.25) is 4.79 Å². The third-order valence-electron chi connectivity index (χ3n) is 3.61. The third kappa shape index (κ3) is 5.07. The zero-order valence-electron chi connectivity index (χ0n) is 14.2. The summed E-state index contributed by atoms with van der Waals surface area (Å²) < 4.78 is 11.0. The summed E-state index contributed by atoms with van der Waals surface area (Å²) in [5, 5.41) is 11.4. The van der Waals surface area contributed by atoms with E-state index < -0.39 is 0 Å². The van der Waals surface area contributed by atoms with Crippen molar-refractivity contribution in [1.82, 2.24) is 15.5 Å². The van der Waals surface area contributed by atoms with Gasteiger partial charge in [-0.05, 0) is 43.3 Å². The first-order valence-electron chi connectivity index (χ1n) is 8.14. The minimum atomic E-state index is -0.224. The van der Waals surface area contributed by atoms with Crippen molar-refractivity contribution in [2.75, 3.05) is 13.2 Å². The largest absolute Gasteiger partial charge is 0.484 e. The number of carbonyl (C=O) groups excluding carboxylic acids is 1. The van der Waals surface area contributed by atoms with Gasteiger partial charge in [0.1, 0.15) is 5.75 Å². The Bertz CT molecular complexity index is 860. The molecule has 0 aliphatic heterocycles. The van der Waals surface area contributed by atoms with Crippen molar-refractivity contribution < 1.29 is 13.9 Å². The van der Waals surface area contributed by atoms with E-state index in [1.807, 2.05) is 31.2 Å². The van der Waals surface area contributed by atoms with Crippen molar-refractivity contribution in [3.63, 3.8) is 0 Å². The molecule has 2 aromatic carbocycles. The summed E-state index contributed by atoms with van der Waals surface area (Å²) in [6, 6.07) is 14.7. The van der Waals surface area contributed by atoms with Gasteiger partial charge in [-0.2, -0.15) is 0 Å². The Balaban J connectivity index is 1.42. The minimum Gasteiger partial charge on any atom is -0.484 e. The number of nitrogens with one attached hydrogen (secondary N) is 1. The third-order valence-corrected chi connectivity index (χ3v) is 3.86. The van der Waals surface area contributed by atoms with Crippen molar-refractivity contribution in [1.29, 1.82) is 0 Å². The van der Waals surface area contributed by atoms with Crippen LogP contribution in [-0.2, 0) is 11.2 Å². The number of nitrogens with zero attached hydrogens (tertiary/aromatic N) is 2. The first kappa shape index (κ1) is 17.9. The average Bonchev–Trinajstić information content (AvgIpc) is 3.11. The number of hydrogen-bond acceptors (Lipinski definition) is 5. The highest BCUT2D eigenvalue weighted by molar-refractivity contribution is 6.30. The van der Waals surface area contributed by atoms with E-state index in [0.29, 0.717) is 35.5 Å². The molecule has 0 radical (unpaired) electrons. The molecule has 0 fully saturated rings. The van der Waals surface area contributed by atoms with E-state index in [4.69, 9.17) is 20.8 Å². The summed E-state index contributed by atoms with van der Waals surface area (Å²) in [7, 11) is 0. The Morgan fingerprint density at radius 1 is 1.12 bits per heavy atom. The van der Waals surface area contributed by atoms with Crippen LogP contribution < -0.4 is 10.1 Å². The second-order valence-corrected chi connectivity index (χ2v) is 6.15. The van der Waals surface area contributed by atoms with Crippen LogP contribution in [0.5, 0.6) is 5.75 Å². The lowest BCUT2D eigenvalue weighted by atomic mass is 10.1. The molecule has 0 saturated heterocycles. The van der Waals surface area contributed by atoms with Crippen LogP contribution in [0.2, 0.25) is 5.02 Å². The van der Waals surface area contributed by atoms with Crippen molar-refractivity contribution in [3.05, 3.63) is 65.0 Å². The van der Waals surface area contributed by atoms with Gasteiger partial charge in [0.05, 0.1) is 0 Å². The Morgan fingerprint density at radius 3 is 2.58 bits per heavy atom. The van der Waals surface area contributed by atoms with Gasteiger partial charge in [-0.15, -0.1) is 10.2 Å². The van der Waals surface area contributed by atoms with Gasteiger partial charge in [-0.1, -0.05) is 29.3 Å². The number of amides is 1. The van der Waals surface area contributed by atoms with E-state index in [-0.39, 0.29) is 12.5 Å². The quantitative estimate of drug-likeness (QED) is 0.688. The molecule has 0 atom stereocenters. The molecule has 1 amide bonds. The van der Waals surface area contributed by atoms with Gasteiger partial charge in [-0.25, -0.2) is 0 Å². The maximum absolute atomic E-state index is 11.8. The molecule has 26 heavy (non-hydrogen) atoms. The zero-order valence-corrected chi connectivity index (χ0v) is 15.0. The molecule has 0 aliphatic rings. The molecule has 0 bridgehead atoms. The van der Waals surface area contributed by atoms with E-state index in [1.165, 1.54) is 0 Å². The number of aryl methyl sites for hydroxylation is 1. The molecule has 1 heterocycles. The molecule has 3 aromatic rings. The van der Waals surface area contributed by atoms with Gasteiger partial charge >= 0.3 is 0 Å². The number of aromatic nitrogens is 2. The fourth-order valence-corrected chi connectivity index (χ4v) is 2.33. The van der Waals surface area contributed by atoms with Crippen LogP contribution in [0.25, 0.3) is 11.5 Å². The standard InChI is InChI=1S/C19H18ClN3O3/c1-13-2-4-14(5-3-13)19-23-22-18(26-19)10-11-21-17(24)12-25-16-8-6-15(20)7-9-16/h2-9H,10-12H2,1H3,(H,21,24). The predicted octanol–water partition coefficient (Wildman–Crippen LogP) is 3.44. The molecular weight excluding hydrogens is 354 g/mol. The maximum Gasteiger partial charge on any atom is 0.257 e. The molecule has 6 nitrogen and oxygen atoms in total. The second kappa shape index (κ2) is 8.49. The lowest BCUT2D eigenvalue weighted by Crippen LogP contribution is -2.30. The molecule has 0 unspecified atom stereocenters. The van der Waals surface area contributed by atoms with Crippen molar-refractivity contribution >= 4 is 17.5 Å². The fourth-order valence-electron chi connectivity index (χ4n) is 2.21. The van der Waals surface area contributed by atoms with Crippen molar-refractivity contribution in [2.24, 2.45) is 0 Å². The highest BCUT2D eigenvalue weighted by Crippen LogP contribution is 2.18. The Morgan fingerprint density at radius 2 is 1.85 bits per heavy atom. The van der Waals surface area contributed by atoms with Gasteiger partial charge in [0.2, 0.25) is 11.8 Å². The first-order chi connectivity index (χ1) is 12.6. The lowest BCUT2D eigenvalue weighted by Gasteiger charge is -2.06. The van der Waals surface area contributed by atoms with Crippen LogP contribution >= 0.6 is 11.6 Å². The smallest absolute Gasteiger partial charge is 0.257 e. The number of benzene rings is 2. The van der Waals surface area contributed by atoms with Crippen molar-refractivity contribution in [3.8, 4) is 17.2 Å². The molecule has 3 rings (SSSR count). The molecule has 1 N–H and O–H groups in total. The SMILES string of the molecule is Cc1ccc(-c2nnc(CCNC(=O)COc3ccc(Cl)cc3)o2)cc1. The molecule has 1 aromatic heterocycles. The highest BCUT2D eigenvalue weighted by Gasteiger charge is 2.09. The Hall–Kier alpha value is -2.86. The van der Waals surface area contributed by atoms with Crippen LogP contribution in [0.4, 0.5) is 0 Å². The summed E-state index contributed by atoms with van der Waals surface area (Å²) in [6.45, 7) is 2.33. The number of halogens is 1. The minimum absolute atomic E-state index is 0.0694. The van der Waals surface area contributed by atoms with Gasteiger partial charge in [0.15, 0.2) is 6.61 Å². The van der Waals surface area contributed by atoms with E-state index in [1.54, 1.807) is 24.3 Å². The number of ether oxygens (including phenoxy) is 1. The summed E-state index contributed by atoms with van der Waals surface area (Å²) >= 11 is 5.79. The molecule has 134 valence electrons. The zero-order chi connectivity index (χ0) is 18.4. The first-order valence-corrected chi connectivity index (χ1v) is 8.52. The summed E-state index contributed by atoms with van der Waals surface area (Å²) in [6.07, 6.45) is 0.450. The van der Waals surface area contributed by atoms with Gasteiger partial charge in [0, 0.05) is 23.6 Å². The maximum atomic E-state index is 11.8. The lowest BCUT2D eigenvalue weighted by molar-refractivity contribution is -0.123. The number of carbonyl (C=O) groups is 1.